The average molecular weight is 320 g/mol. The van der Waals surface area contributed by atoms with Gasteiger partial charge in [0.05, 0.1) is 23.1 Å². The van der Waals surface area contributed by atoms with E-state index in [9.17, 15) is 9.59 Å². The number of aliphatic carboxylic acids is 1. The molecule has 0 bridgehead atoms. The van der Waals surface area contributed by atoms with Gasteiger partial charge in [-0.15, -0.1) is 0 Å². The van der Waals surface area contributed by atoms with Crippen LogP contribution in [0, 0.1) is 0 Å². The van der Waals surface area contributed by atoms with Gasteiger partial charge in [-0.05, 0) is 25.1 Å². The average Bonchev–Trinajstić information content (AvgIpc) is 2.38. The highest BCUT2D eigenvalue weighted by atomic mass is 35.5. The van der Waals surface area contributed by atoms with Crippen LogP contribution in [0.4, 0.5) is 5.69 Å². The molecule has 0 fully saturated rings. The number of carbonyl (C=O) groups excluding carboxylic acids is 1. The second-order valence-electron chi connectivity index (χ2n) is 3.97. The molecule has 1 aromatic carbocycles. The molecular formula is C13H15Cl2NO4. The lowest BCUT2D eigenvalue weighted by Crippen LogP contribution is -2.32. The summed E-state index contributed by atoms with van der Waals surface area (Å²) >= 11 is 11.7. The Labute approximate surface area is 127 Å². The van der Waals surface area contributed by atoms with Crippen LogP contribution in [0.15, 0.2) is 18.2 Å². The second kappa shape index (κ2) is 7.97. The zero-order valence-electron chi connectivity index (χ0n) is 10.9. The van der Waals surface area contributed by atoms with Gasteiger partial charge < -0.3 is 14.7 Å². The van der Waals surface area contributed by atoms with Crippen LogP contribution < -0.4 is 4.90 Å². The normalized spacial score (nSPS) is 10.2. The molecule has 0 saturated heterocycles. The van der Waals surface area contributed by atoms with Crippen LogP contribution in [0.25, 0.3) is 0 Å². The third kappa shape index (κ3) is 5.27. The fourth-order valence-corrected chi connectivity index (χ4v) is 1.90. The lowest BCUT2D eigenvalue weighted by Gasteiger charge is -2.22. The molecule has 1 rings (SSSR count). The first-order valence-electron chi connectivity index (χ1n) is 6.01. The van der Waals surface area contributed by atoms with Gasteiger partial charge in [0.25, 0.3) is 0 Å². The number of ether oxygens (including phenoxy) is 1. The topological polar surface area (TPSA) is 66.8 Å². The number of rotatable bonds is 7. The van der Waals surface area contributed by atoms with Crippen LogP contribution in [-0.4, -0.2) is 36.7 Å². The Morgan fingerprint density at radius 2 is 2.00 bits per heavy atom. The van der Waals surface area contributed by atoms with Crippen molar-refractivity contribution in [2.45, 2.75) is 13.3 Å². The van der Waals surface area contributed by atoms with E-state index in [0.717, 1.165) is 0 Å². The molecule has 0 aliphatic heterocycles. The highest BCUT2D eigenvalue weighted by Gasteiger charge is 2.14. The molecule has 1 aromatic rings. The van der Waals surface area contributed by atoms with Crippen LogP contribution in [0.2, 0.25) is 10.0 Å². The number of anilines is 1. The minimum atomic E-state index is -1.00. The predicted molar refractivity (Wildman–Crippen MR) is 77.6 cm³/mol. The summed E-state index contributed by atoms with van der Waals surface area (Å²) in [5, 5.41) is 9.64. The maximum absolute atomic E-state index is 11.3. The summed E-state index contributed by atoms with van der Waals surface area (Å²) in [6.45, 7) is 2.00. The van der Waals surface area contributed by atoms with Crippen LogP contribution in [0.5, 0.6) is 0 Å². The summed E-state index contributed by atoms with van der Waals surface area (Å²) < 4.78 is 4.82. The Hall–Kier alpha value is -1.46. The van der Waals surface area contributed by atoms with E-state index in [1.807, 2.05) is 0 Å². The number of halogens is 2. The lowest BCUT2D eigenvalue weighted by molar-refractivity contribution is -0.143. The number of carboxylic acid groups (broad SMARTS) is 1. The van der Waals surface area contributed by atoms with Crippen molar-refractivity contribution < 1.29 is 19.4 Å². The number of hydrogen-bond donors (Lipinski definition) is 1. The molecule has 0 heterocycles. The van der Waals surface area contributed by atoms with Crippen LogP contribution in [0.3, 0.4) is 0 Å². The predicted octanol–water partition coefficient (Wildman–Crippen LogP) is 2.84. The van der Waals surface area contributed by atoms with Gasteiger partial charge in [-0.1, -0.05) is 23.2 Å². The van der Waals surface area contributed by atoms with E-state index in [4.69, 9.17) is 33.0 Å². The van der Waals surface area contributed by atoms with Crippen molar-refractivity contribution in [3.8, 4) is 0 Å². The van der Waals surface area contributed by atoms with Crippen molar-refractivity contribution in [1.29, 1.82) is 0 Å². The van der Waals surface area contributed by atoms with Crippen LogP contribution in [0.1, 0.15) is 13.3 Å². The smallest absolute Gasteiger partial charge is 0.323 e. The molecule has 0 aromatic heterocycles. The van der Waals surface area contributed by atoms with Gasteiger partial charge >= 0.3 is 11.9 Å². The van der Waals surface area contributed by atoms with E-state index in [0.29, 0.717) is 22.3 Å². The molecule has 0 unspecified atom stereocenters. The Balaban J connectivity index is 2.80. The maximum atomic E-state index is 11.3. The molecule has 20 heavy (non-hydrogen) atoms. The summed E-state index contributed by atoms with van der Waals surface area (Å²) in [5.74, 6) is -1.37. The summed E-state index contributed by atoms with van der Waals surface area (Å²) in [5.41, 5.74) is 0.589. The van der Waals surface area contributed by atoms with Crippen molar-refractivity contribution in [3.05, 3.63) is 28.2 Å². The third-order valence-corrected chi connectivity index (χ3v) is 3.22. The fourth-order valence-electron chi connectivity index (χ4n) is 1.60. The summed E-state index contributed by atoms with van der Waals surface area (Å²) in [4.78, 5) is 23.8. The number of benzene rings is 1. The Kier molecular flexibility index (Phi) is 6.61. The van der Waals surface area contributed by atoms with Gasteiger partial charge in [0.1, 0.15) is 6.54 Å². The molecule has 0 aliphatic rings. The molecule has 5 nitrogen and oxygen atoms in total. The highest BCUT2D eigenvalue weighted by Crippen LogP contribution is 2.27. The van der Waals surface area contributed by atoms with Gasteiger partial charge in [-0.25, -0.2) is 0 Å². The van der Waals surface area contributed by atoms with Crippen molar-refractivity contribution >= 4 is 40.8 Å². The fraction of sp³-hybridized carbons (Fsp3) is 0.385. The van der Waals surface area contributed by atoms with E-state index < -0.39 is 5.97 Å². The van der Waals surface area contributed by atoms with Crippen molar-refractivity contribution in [3.63, 3.8) is 0 Å². The van der Waals surface area contributed by atoms with E-state index in [1.54, 1.807) is 25.1 Å². The first-order valence-corrected chi connectivity index (χ1v) is 6.77. The zero-order valence-corrected chi connectivity index (χ0v) is 12.4. The monoisotopic (exact) mass is 319 g/mol. The SMILES string of the molecule is CCOC(=O)CCN(CC(=O)O)c1ccc(Cl)c(Cl)c1. The Morgan fingerprint density at radius 3 is 2.55 bits per heavy atom. The number of carbonyl (C=O) groups is 2. The summed E-state index contributed by atoms with van der Waals surface area (Å²) in [7, 11) is 0. The van der Waals surface area contributed by atoms with Crippen molar-refractivity contribution in [2.75, 3.05) is 24.6 Å². The zero-order chi connectivity index (χ0) is 15.1. The molecule has 0 aliphatic carbocycles. The van der Waals surface area contributed by atoms with Crippen molar-refractivity contribution in [1.82, 2.24) is 0 Å². The molecular weight excluding hydrogens is 305 g/mol. The quantitative estimate of drug-likeness (QED) is 0.783. The maximum Gasteiger partial charge on any atom is 0.323 e. The lowest BCUT2D eigenvalue weighted by atomic mass is 10.2. The first kappa shape index (κ1) is 16.6. The molecule has 0 radical (unpaired) electrons. The standard InChI is InChI=1S/C13H15Cl2NO4/c1-2-20-13(19)5-6-16(8-12(17)18)9-3-4-10(14)11(15)7-9/h3-4,7H,2,5-6,8H2,1H3,(H,17,18). The molecule has 110 valence electrons. The van der Waals surface area contributed by atoms with E-state index in [1.165, 1.54) is 4.90 Å². The third-order valence-electron chi connectivity index (χ3n) is 2.49. The van der Waals surface area contributed by atoms with Crippen molar-refractivity contribution in [2.24, 2.45) is 0 Å². The Morgan fingerprint density at radius 1 is 1.30 bits per heavy atom. The van der Waals surface area contributed by atoms with Gasteiger partial charge in [0.2, 0.25) is 0 Å². The number of nitrogens with zero attached hydrogens (tertiary/aromatic N) is 1. The summed E-state index contributed by atoms with van der Waals surface area (Å²) in [6.07, 6.45) is 0.0986. The largest absolute Gasteiger partial charge is 0.480 e. The van der Waals surface area contributed by atoms with E-state index in [-0.39, 0.29) is 25.5 Å². The summed E-state index contributed by atoms with van der Waals surface area (Å²) in [6, 6.07) is 4.80. The first-order chi connectivity index (χ1) is 9.43. The second-order valence-corrected chi connectivity index (χ2v) is 4.78. The molecule has 1 N–H and O–H groups in total. The van der Waals surface area contributed by atoms with Crippen LogP contribution >= 0.6 is 23.2 Å². The molecule has 0 saturated carbocycles. The molecule has 0 atom stereocenters. The van der Waals surface area contributed by atoms with Gasteiger partial charge in [-0.3, -0.25) is 9.59 Å². The van der Waals surface area contributed by atoms with Gasteiger partial charge in [-0.2, -0.15) is 0 Å². The minimum absolute atomic E-state index is 0.0986. The number of esters is 1. The Bertz CT molecular complexity index is 493. The van der Waals surface area contributed by atoms with Crippen LogP contribution in [-0.2, 0) is 14.3 Å². The molecule has 0 amide bonds. The van der Waals surface area contributed by atoms with E-state index >= 15 is 0 Å². The minimum Gasteiger partial charge on any atom is -0.480 e. The van der Waals surface area contributed by atoms with Gasteiger partial charge in [0.15, 0.2) is 0 Å². The highest BCUT2D eigenvalue weighted by molar-refractivity contribution is 6.42. The van der Waals surface area contributed by atoms with Gasteiger partial charge in [0, 0.05) is 12.2 Å². The van der Waals surface area contributed by atoms with E-state index in [2.05, 4.69) is 0 Å². The molecule has 0 spiro atoms. The molecule has 7 heteroatoms. The number of hydrogen-bond acceptors (Lipinski definition) is 4. The number of carboxylic acids is 1.